The van der Waals surface area contributed by atoms with Gasteiger partial charge in [0.15, 0.2) is 17.1 Å². The second-order valence-corrected chi connectivity index (χ2v) is 9.50. The van der Waals surface area contributed by atoms with Gasteiger partial charge in [0.25, 0.3) is 11.8 Å². The molecule has 0 atom stereocenters. The number of hydrogen-bond donors (Lipinski definition) is 0. The summed E-state index contributed by atoms with van der Waals surface area (Å²) in [6, 6.07) is 11.3. The van der Waals surface area contributed by atoms with Crippen LogP contribution in [0.1, 0.15) is 52.5 Å². The summed E-state index contributed by atoms with van der Waals surface area (Å²) in [6.45, 7) is 8.15. The molecule has 35 heavy (non-hydrogen) atoms. The Morgan fingerprint density at radius 2 is 1.80 bits per heavy atom. The molecule has 2 amide bonds. The minimum atomic E-state index is -0.207. The van der Waals surface area contributed by atoms with Gasteiger partial charge in [0.2, 0.25) is 0 Å². The monoisotopic (exact) mass is 477 g/mol. The van der Waals surface area contributed by atoms with Crippen LogP contribution in [0.4, 0.5) is 0 Å². The van der Waals surface area contributed by atoms with E-state index in [9.17, 15) is 9.59 Å². The quantitative estimate of drug-likeness (QED) is 0.541. The highest BCUT2D eigenvalue weighted by Crippen LogP contribution is 2.27. The Morgan fingerprint density at radius 3 is 2.54 bits per heavy atom. The molecule has 0 N–H and O–H groups in total. The Bertz CT molecular complexity index is 1190. The third kappa shape index (κ3) is 4.86. The van der Waals surface area contributed by atoms with Crippen molar-refractivity contribution in [3.8, 4) is 11.3 Å². The van der Waals surface area contributed by atoms with Crippen LogP contribution in [0.2, 0.25) is 0 Å². The standard InChI is InChI=1S/C26H31N5O4/c1-18(2)8-11-31-22-9-10-30(17-20(22)24(27-31)26(33)29-12-14-34-15-13-29)25(32)21-16-23(35-28-21)19-6-4-3-5-7-19/h3-7,16,18H,8-15,17H2,1-2H3. The van der Waals surface area contributed by atoms with E-state index in [1.165, 1.54) is 0 Å². The number of morpholine rings is 1. The molecule has 0 bridgehead atoms. The zero-order valence-corrected chi connectivity index (χ0v) is 20.3. The summed E-state index contributed by atoms with van der Waals surface area (Å²) in [4.78, 5) is 30.2. The first-order valence-electron chi connectivity index (χ1n) is 12.3. The van der Waals surface area contributed by atoms with Gasteiger partial charge in [-0.1, -0.05) is 49.3 Å². The van der Waals surface area contributed by atoms with Crippen molar-refractivity contribution in [2.45, 2.75) is 39.8 Å². The van der Waals surface area contributed by atoms with Gasteiger partial charge in [0.1, 0.15) is 0 Å². The summed E-state index contributed by atoms with van der Waals surface area (Å²) in [5.41, 5.74) is 3.48. The number of aromatic nitrogens is 3. The van der Waals surface area contributed by atoms with Crippen LogP contribution in [0.15, 0.2) is 40.9 Å². The predicted molar refractivity (Wildman–Crippen MR) is 129 cm³/mol. The van der Waals surface area contributed by atoms with Crippen molar-refractivity contribution >= 4 is 11.8 Å². The molecule has 0 saturated carbocycles. The van der Waals surface area contributed by atoms with Crippen molar-refractivity contribution in [2.75, 3.05) is 32.8 Å². The molecule has 2 aliphatic rings. The van der Waals surface area contributed by atoms with Crippen molar-refractivity contribution in [3.05, 3.63) is 59.0 Å². The molecule has 9 nitrogen and oxygen atoms in total. The largest absolute Gasteiger partial charge is 0.378 e. The second-order valence-electron chi connectivity index (χ2n) is 9.50. The van der Waals surface area contributed by atoms with E-state index in [0.29, 0.717) is 63.2 Å². The first kappa shape index (κ1) is 23.3. The van der Waals surface area contributed by atoms with Gasteiger partial charge >= 0.3 is 0 Å². The zero-order valence-electron chi connectivity index (χ0n) is 20.3. The van der Waals surface area contributed by atoms with Gasteiger partial charge in [-0.3, -0.25) is 14.3 Å². The van der Waals surface area contributed by atoms with E-state index >= 15 is 0 Å². The Kier molecular flexibility index (Phi) is 6.68. The van der Waals surface area contributed by atoms with Crippen molar-refractivity contribution in [1.82, 2.24) is 24.7 Å². The van der Waals surface area contributed by atoms with Gasteiger partial charge in [-0.15, -0.1) is 0 Å². The molecule has 0 radical (unpaired) electrons. The molecular weight excluding hydrogens is 446 g/mol. The first-order chi connectivity index (χ1) is 17.0. The minimum Gasteiger partial charge on any atom is -0.378 e. The fraction of sp³-hybridized carbons (Fsp3) is 0.462. The number of rotatable bonds is 6. The molecule has 1 aromatic carbocycles. The van der Waals surface area contributed by atoms with Crippen LogP contribution in [0.3, 0.4) is 0 Å². The molecule has 5 rings (SSSR count). The van der Waals surface area contributed by atoms with Crippen molar-refractivity contribution in [1.29, 1.82) is 0 Å². The Labute approximate surface area is 204 Å². The lowest BCUT2D eigenvalue weighted by molar-refractivity contribution is 0.0296. The summed E-state index contributed by atoms with van der Waals surface area (Å²) in [6.07, 6.45) is 1.62. The molecule has 9 heteroatoms. The third-order valence-electron chi connectivity index (χ3n) is 6.63. The molecule has 0 unspecified atom stereocenters. The topological polar surface area (TPSA) is 93.7 Å². The van der Waals surface area contributed by atoms with Crippen LogP contribution in [0.5, 0.6) is 0 Å². The Hall–Kier alpha value is -3.46. The number of hydrogen-bond acceptors (Lipinski definition) is 6. The molecule has 0 spiro atoms. The van der Waals surface area contributed by atoms with Crippen molar-refractivity contribution in [3.63, 3.8) is 0 Å². The van der Waals surface area contributed by atoms with E-state index in [0.717, 1.165) is 29.8 Å². The lowest BCUT2D eigenvalue weighted by Crippen LogP contribution is -2.42. The molecule has 1 saturated heterocycles. The summed E-state index contributed by atoms with van der Waals surface area (Å²) >= 11 is 0. The Balaban J connectivity index is 1.40. The van der Waals surface area contributed by atoms with Gasteiger partial charge < -0.3 is 19.1 Å². The Morgan fingerprint density at radius 1 is 1.03 bits per heavy atom. The van der Waals surface area contributed by atoms with Crippen LogP contribution in [-0.4, -0.2) is 69.4 Å². The number of ether oxygens (including phenoxy) is 1. The average Bonchev–Trinajstić information content (AvgIpc) is 3.53. The summed E-state index contributed by atoms with van der Waals surface area (Å²) < 4.78 is 12.8. The summed E-state index contributed by atoms with van der Waals surface area (Å²) in [5.74, 6) is 0.786. The normalized spacial score (nSPS) is 16.0. The molecule has 0 aliphatic carbocycles. The lowest BCUT2D eigenvalue weighted by Gasteiger charge is -2.29. The number of carbonyl (C=O) groups is 2. The van der Waals surface area contributed by atoms with Crippen LogP contribution >= 0.6 is 0 Å². The number of aryl methyl sites for hydroxylation is 1. The number of benzene rings is 1. The first-order valence-corrected chi connectivity index (χ1v) is 12.3. The van der Waals surface area contributed by atoms with E-state index < -0.39 is 0 Å². The smallest absolute Gasteiger partial charge is 0.276 e. The molecule has 184 valence electrons. The minimum absolute atomic E-state index is 0.0880. The van der Waals surface area contributed by atoms with E-state index in [2.05, 4.69) is 19.0 Å². The number of carbonyl (C=O) groups excluding carboxylic acids is 2. The van der Waals surface area contributed by atoms with E-state index in [4.69, 9.17) is 14.4 Å². The highest BCUT2D eigenvalue weighted by Gasteiger charge is 2.33. The van der Waals surface area contributed by atoms with Crippen LogP contribution in [-0.2, 0) is 24.2 Å². The van der Waals surface area contributed by atoms with Gasteiger partial charge in [0.05, 0.1) is 19.8 Å². The van der Waals surface area contributed by atoms with Gasteiger partial charge in [-0.2, -0.15) is 5.10 Å². The van der Waals surface area contributed by atoms with E-state index in [1.807, 2.05) is 35.0 Å². The van der Waals surface area contributed by atoms with Gasteiger partial charge in [-0.25, -0.2) is 0 Å². The fourth-order valence-corrected chi connectivity index (χ4v) is 4.59. The molecule has 2 aromatic heterocycles. The van der Waals surface area contributed by atoms with Gasteiger partial charge in [0, 0.05) is 55.5 Å². The number of fused-ring (bicyclic) bond motifs is 1. The molecule has 1 fully saturated rings. The maximum atomic E-state index is 13.4. The maximum absolute atomic E-state index is 13.4. The highest BCUT2D eigenvalue weighted by molar-refractivity contribution is 5.96. The molecule has 3 aromatic rings. The zero-order chi connectivity index (χ0) is 24.4. The molecular formula is C26H31N5O4. The maximum Gasteiger partial charge on any atom is 0.276 e. The summed E-state index contributed by atoms with van der Waals surface area (Å²) in [5, 5.41) is 8.79. The van der Waals surface area contributed by atoms with Crippen LogP contribution in [0.25, 0.3) is 11.3 Å². The van der Waals surface area contributed by atoms with Crippen molar-refractivity contribution in [2.24, 2.45) is 5.92 Å². The summed E-state index contributed by atoms with van der Waals surface area (Å²) in [7, 11) is 0. The van der Waals surface area contributed by atoms with Gasteiger partial charge in [-0.05, 0) is 12.3 Å². The van der Waals surface area contributed by atoms with E-state index in [1.54, 1.807) is 15.9 Å². The van der Waals surface area contributed by atoms with Crippen LogP contribution < -0.4 is 0 Å². The molecule has 4 heterocycles. The SMILES string of the molecule is CC(C)CCn1nc(C(=O)N2CCOCC2)c2c1CCN(C(=O)c1cc(-c3ccccc3)on1)C2. The number of amides is 2. The molecule has 2 aliphatic heterocycles. The lowest BCUT2D eigenvalue weighted by atomic mass is 10.0. The fourth-order valence-electron chi connectivity index (χ4n) is 4.59. The number of nitrogens with zero attached hydrogens (tertiary/aromatic N) is 5. The van der Waals surface area contributed by atoms with E-state index in [-0.39, 0.29) is 17.5 Å². The highest BCUT2D eigenvalue weighted by atomic mass is 16.5. The third-order valence-corrected chi connectivity index (χ3v) is 6.63. The predicted octanol–water partition coefficient (Wildman–Crippen LogP) is 3.26. The second kappa shape index (κ2) is 10.0. The van der Waals surface area contributed by atoms with Crippen LogP contribution in [0, 0.1) is 5.92 Å². The van der Waals surface area contributed by atoms with Crippen molar-refractivity contribution < 1.29 is 18.8 Å². The average molecular weight is 478 g/mol.